The monoisotopic (exact) mass is 177 g/mol. The van der Waals surface area contributed by atoms with Crippen LogP contribution in [-0.4, -0.2) is 12.8 Å². The molecule has 13 heavy (non-hydrogen) atoms. The average molecular weight is 177 g/mol. The third kappa shape index (κ3) is 1.56. The molecule has 0 saturated carbocycles. The van der Waals surface area contributed by atoms with Gasteiger partial charge in [0.1, 0.15) is 0 Å². The largest absolute Gasteiger partial charge is 0.288 e. The molecule has 0 N–H and O–H groups in total. The van der Waals surface area contributed by atoms with Crippen molar-refractivity contribution in [2.75, 3.05) is 6.54 Å². The first-order valence-electron chi connectivity index (χ1n) is 5.31. The number of nitrogens with zero attached hydrogens (tertiary/aromatic N) is 1. The van der Waals surface area contributed by atoms with Crippen LogP contribution < -0.4 is 0 Å². The molecule has 0 aromatic rings. The molecule has 2 aliphatic rings. The predicted octanol–water partition coefficient (Wildman–Crippen LogP) is 3.21. The van der Waals surface area contributed by atoms with Crippen LogP contribution in [0.5, 0.6) is 0 Å². The molecule has 0 amide bonds. The standard InChI is InChI=1S/C12H19N/c1-12(2,3)11-6-4-5-9-7-13-8-10(9)11/h7,11H,4-6,8H2,1-3H3. The van der Waals surface area contributed by atoms with E-state index in [0.717, 1.165) is 12.5 Å². The number of hydrogen-bond acceptors (Lipinski definition) is 1. The van der Waals surface area contributed by atoms with Gasteiger partial charge in [0.25, 0.3) is 0 Å². The van der Waals surface area contributed by atoms with E-state index in [2.05, 4.69) is 32.0 Å². The topological polar surface area (TPSA) is 12.4 Å². The Hall–Kier alpha value is -0.590. The molecule has 1 nitrogen and oxygen atoms in total. The third-order valence-electron chi connectivity index (χ3n) is 3.33. The zero-order valence-corrected chi connectivity index (χ0v) is 8.93. The Morgan fingerprint density at radius 3 is 2.85 bits per heavy atom. The summed E-state index contributed by atoms with van der Waals surface area (Å²) in [5.74, 6) is 0.777. The van der Waals surface area contributed by atoms with Gasteiger partial charge >= 0.3 is 0 Å². The van der Waals surface area contributed by atoms with E-state index in [9.17, 15) is 0 Å². The van der Waals surface area contributed by atoms with E-state index >= 15 is 0 Å². The molecule has 0 radical (unpaired) electrons. The van der Waals surface area contributed by atoms with Crippen LogP contribution in [0.25, 0.3) is 0 Å². The Balaban J connectivity index is 2.27. The minimum atomic E-state index is 0.425. The van der Waals surface area contributed by atoms with E-state index in [4.69, 9.17) is 0 Å². The summed E-state index contributed by atoms with van der Waals surface area (Å²) in [6, 6.07) is 0. The molecular formula is C12H19N. The average Bonchev–Trinajstić information content (AvgIpc) is 2.48. The van der Waals surface area contributed by atoms with Crippen LogP contribution >= 0.6 is 0 Å². The van der Waals surface area contributed by atoms with E-state index in [1.54, 1.807) is 11.1 Å². The molecule has 1 atom stereocenters. The molecule has 0 aromatic carbocycles. The summed E-state index contributed by atoms with van der Waals surface area (Å²) in [5.41, 5.74) is 3.61. The normalized spacial score (nSPS) is 28.1. The lowest BCUT2D eigenvalue weighted by Crippen LogP contribution is -2.26. The molecule has 1 heterocycles. The Kier molecular flexibility index (Phi) is 2.05. The molecule has 1 aliphatic carbocycles. The van der Waals surface area contributed by atoms with Crippen LogP contribution in [-0.2, 0) is 0 Å². The smallest absolute Gasteiger partial charge is 0.0608 e. The fourth-order valence-electron chi connectivity index (χ4n) is 2.62. The van der Waals surface area contributed by atoms with Crippen LogP contribution in [0.3, 0.4) is 0 Å². The zero-order valence-electron chi connectivity index (χ0n) is 8.93. The molecule has 0 spiro atoms. The van der Waals surface area contributed by atoms with E-state index < -0.39 is 0 Å². The molecule has 72 valence electrons. The van der Waals surface area contributed by atoms with E-state index in [1.165, 1.54) is 19.3 Å². The van der Waals surface area contributed by atoms with Crippen molar-refractivity contribution in [2.24, 2.45) is 16.3 Å². The van der Waals surface area contributed by atoms with Crippen LogP contribution in [0.4, 0.5) is 0 Å². The van der Waals surface area contributed by atoms with Crippen molar-refractivity contribution in [3.63, 3.8) is 0 Å². The quantitative estimate of drug-likeness (QED) is 0.538. The highest BCUT2D eigenvalue weighted by Crippen LogP contribution is 2.42. The van der Waals surface area contributed by atoms with Gasteiger partial charge in [0.15, 0.2) is 0 Å². The van der Waals surface area contributed by atoms with Gasteiger partial charge in [-0.25, -0.2) is 0 Å². The highest BCUT2D eigenvalue weighted by Gasteiger charge is 2.32. The van der Waals surface area contributed by atoms with Crippen molar-refractivity contribution in [1.29, 1.82) is 0 Å². The van der Waals surface area contributed by atoms with Gasteiger partial charge in [-0.05, 0) is 41.7 Å². The van der Waals surface area contributed by atoms with Crippen molar-refractivity contribution in [1.82, 2.24) is 0 Å². The number of hydrogen-bond donors (Lipinski definition) is 0. The summed E-state index contributed by atoms with van der Waals surface area (Å²) in [5, 5.41) is 0. The van der Waals surface area contributed by atoms with Crippen molar-refractivity contribution in [3.05, 3.63) is 11.1 Å². The van der Waals surface area contributed by atoms with E-state index in [1.807, 2.05) is 0 Å². The number of rotatable bonds is 0. The Morgan fingerprint density at radius 2 is 2.15 bits per heavy atom. The van der Waals surface area contributed by atoms with Crippen LogP contribution in [0.1, 0.15) is 40.0 Å². The lowest BCUT2D eigenvalue weighted by atomic mass is 9.70. The van der Waals surface area contributed by atoms with Gasteiger partial charge in [0, 0.05) is 6.21 Å². The van der Waals surface area contributed by atoms with Gasteiger partial charge in [-0.15, -0.1) is 0 Å². The van der Waals surface area contributed by atoms with Gasteiger partial charge < -0.3 is 0 Å². The highest BCUT2D eigenvalue weighted by atomic mass is 14.7. The molecule has 2 rings (SSSR count). The summed E-state index contributed by atoms with van der Waals surface area (Å²) in [6.45, 7) is 8.04. The SMILES string of the molecule is CC(C)(C)C1CCCC2=C1CN=C2. The maximum absolute atomic E-state index is 4.39. The molecule has 1 aliphatic heterocycles. The first kappa shape index (κ1) is 8.98. The summed E-state index contributed by atoms with van der Waals surface area (Å²) in [4.78, 5) is 4.39. The summed E-state index contributed by atoms with van der Waals surface area (Å²) in [7, 11) is 0. The van der Waals surface area contributed by atoms with Crippen molar-refractivity contribution < 1.29 is 0 Å². The summed E-state index contributed by atoms with van der Waals surface area (Å²) in [6.07, 6.45) is 6.09. The predicted molar refractivity (Wildman–Crippen MR) is 57.2 cm³/mol. The molecule has 0 fully saturated rings. The van der Waals surface area contributed by atoms with Crippen LogP contribution in [0.2, 0.25) is 0 Å². The maximum Gasteiger partial charge on any atom is 0.0608 e. The Labute approximate surface area is 80.9 Å². The number of aliphatic imine (C=N–C) groups is 1. The Morgan fingerprint density at radius 1 is 1.38 bits per heavy atom. The molecule has 0 bridgehead atoms. The van der Waals surface area contributed by atoms with E-state index in [-0.39, 0.29) is 0 Å². The van der Waals surface area contributed by atoms with Gasteiger partial charge in [0.05, 0.1) is 6.54 Å². The van der Waals surface area contributed by atoms with Gasteiger partial charge in [-0.1, -0.05) is 20.8 Å². The highest BCUT2D eigenvalue weighted by molar-refractivity contribution is 5.83. The maximum atomic E-state index is 4.39. The lowest BCUT2D eigenvalue weighted by molar-refractivity contribution is 0.250. The minimum Gasteiger partial charge on any atom is -0.288 e. The summed E-state index contributed by atoms with van der Waals surface area (Å²) >= 11 is 0. The minimum absolute atomic E-state index is 0.425. The molecule has 0 aromatic heterocycles. The van der Waals surface area contributed by atoms with Crippen LogP contribution in [0.15, 0.2) is 16.1 Å². The first-order valence-corrected chi connectivity index (χ1v) is 5.31. The van der Waals surface area contributed by atoms with Crippen molar-refractivity contribution >= 4 is 6.21 Å². The second-order valence-corrected chi connectivity index (χ2v) is 5.33. The van der Waals surface area contributed by atoms with Crippen molar-refractivity contribution in [3.8, 4) is 0 Å². The van der Waals surface area contributed by atoms with Gasteiger partial charge in [-0.2, -0.15) is 0 Å². The molecule has 1 heteroatoms. The first-order chi connectivity index (χ1) is 6.09. The second kappa shape index (κ2) is 2.97. The van der Waals surface area contributed by atoms with Crippen LogP contribution in [0, 0.1) is 11.3 Å². The Bertz CT molecular complexity index is 265. The third-order valence-corrected chi connectivity index (χ3v) is 3.33. The van der Waals surface area contributed by atoms with Gasteiger partial charge in [0.2, 0.25) is 0 Å². The molecule has 0 saturated heterocycles. The fraction of sp³-hybridized carbons (Fsp3) is 0.750. The van der Waals surface area contributed by atoms with Gasteiger partial charge in [-0.3, -0.25) is 4.99 Å². The zero-order chi connectivity index (χ0) is 9.47. The fourth-order valence-corrected chi connectivity index (χ4v) is 2.62. The van der Waals surface area contributed by atoms with Crippen molar-refractivity contribution in [2.45, 2.75) is 40.0 Å². The molecule has 1 unspecified atom stereocenters. The summed E-state index contributed by atoms with van der Waals surface area (Å²) < 4.78 is 0. The molecular weight excluding hydrogens is 158 g/mol. The lowest BCUT2D eigenvalue weighted by Gasteiger charge is -2.35. The van der Waals surface area contributed by atoms with E-state index in [0.29, 0.717) is 5.41 Å². The second-order valence-electron chi connectivity index (χ2n) is 5.33. The number of allylic oxidation sites excluding steroid dienone is 1.